The molecule has 0 bridgehead atoms. The lowest BCUT2D eigenvalue weighted by Gasteiger charge is -2.27. The van der Waals surface area contributed by atoms with Gasteiger partial charge in [0.15, 0.2) is 0 Å². The van der Waals surface area contributed by atoms with Crippen molar-refractivity contribution in [3.05, 3.63) is 83.7 Å². The molecule has 0 saturated heterocycles. The van der Waals surface area contributed by atoms with Gasteiger partial charge in [0.2, 0.25) is 0 Å². The second kappa shape index (κ2) is 7.25. The highest BCUT2D eigenvalue weighted by Gasteiger charge is 2.25. The highest BCUT2D eigenvalue weighted by molar-refractivity contribution is 7.77. The molecule has 0 N–H and O–H groups in total. The van der Waals surface area contributed by atoms with Crippen LogP contribution in [0.15, 0.2) is 83.7 Å². The van der Waals surface area contributed by atoms with Gasteiger partial charge in [-0.2, -0.15) is 0 Å². The van der Waals surface area contributed by atoms with Gasteiger partial charge in [0.05, 0.1) is 0 Å². The summed E-state index contributed by atoms with van der Waals surface area (Å²) >= 11 is 0. The zero-order valence-corrected chi connectivity index (χ0v) is 15.0. The predicted molar refractivity (Wildman–Crippen MR) is 103 cm³/mol. The summed E-state index contributed by atoms with van der Waals surface area (Å²) in [6, 6.07) is 22.4. The van der Waals surface area contributed by atoms with E-state index < -0.39 is 7.92 Å². The fourth-order valence-corrected chi connectivity index (χ4v) is 5.62. The minimum absolute atomic E-state index is 0.470. The van der Waals surface area contributed by atoms with E-state index in [1.54, 1.807) is 5.57 Å². The summed E-state index contributed by atoms with van der Waals surface area (Å²) in [4.78, 5) is 2.31. The van der Waals surface area contributed by atoms with E-state index in [0.717, 1.165) is 6.42 Å². The molecule has 0 amide bonds. The van der Waals surface area contributed by atoms with E-state index in [4.69, 9.17) is 0 Å². The van der Waals surface area contributed by atoms with Crippen LogP contribution in [0.3, 0.4) is 0 Å². The van der Waals surface area contributed by atoms with Crippen molar-refractivity contribution in [3.8, 4) is 0 Å². The van der Waals surface area contributed by atoms with Gasteiger partial charge in [0.25, 0.3) is 0 Å². The summed E-state index contributed by atoms with van der Waals surface area (Å²) in [5.41, 5.74) is 1.56. The maximum atomic E-state index is 2.36. The predicted octanol–water partition coefficient (Wildman–Crippen LogP) is 4.28. The summed E-state index contributed by atoms with van der Waals surface area (Å²) in [6.07, 6.45) is 5.76. The second-order valence-electron chi connectivity index (χ2n) is 6.16. The molecule has 3 rings (SSSR count). The Labute approximate surface area is 141 Å². The van der Waals surface area contributed by atoms with Crippen LogP contribution in [0.1, 0.15) is 13.3 Å². The Morgan fingerprint density at radius 3 is 1.87 bits per heavy atom. The number of nitrogens with zero attached hydrogens (tertiary/aromatic N) is 1. The van der Waals surface area contributed by atoms with E-state index in [-0.39, 0.29) is 0 Å². The maximum absolute atomic E-state index is 2.36. The molecule has 118 valence electrons. The normalized spacial score (nSPS) is 15.7. The van der Waals surface area contributed by atoms with Crippen molar-refractivity contribution in [2.24, 2.45) is 0 Å². The fourth-order valence-electron chi connectivity index (χ4n) is 3.00. The molecule has 2 aromatic carbocycles. The van der Waals surface area contributed by atoms with E-state index in [9.17, 15) is 0 Å². The number of hydrogen-bond acceptors (Lipinski definition) is 1. The Kier molecular flexibility index (Phi) is 5.10. The zero-order valence-electron chi connectivity index (χ0n) is 14.1. The van der Waals surface area contributed by atoms with Crippen LogP contribution in [0.25, 0.3) is 0 Å². The van der Waals surface area contributed by atoms with Crippen molar-refractivity contribution in [2.45, 2.75) is 19.4 Å². The van der Waals surface area contributed by atoms with Gasteiger partial charge in [-0.3, -0.25) is 0 Å². The standard InChI is InChI=1S/C21H24NP/c1-17(22(2)3)20-15-10-16-21(20)23(18-11-6-4-7-12-18)19-13-8-5-9-14-19/h4-14,16-17H,15H2,1-3H3/t17-/m0/s1. The highest BCUT2D eigenvalue weighted by atomic mass is 31.1. The minimum Gasteiger partial charge on any atom is -0.303 e. The number of likely N-dealkylation sites (N-methyl/N-ethyl adjacent to an activating group) is 1. The summed E-state index contributed by atoms with van der Waals surface area (Å²) in [5.74, 6) is 0. The van der Waals surface area contributed by atoms with Crippen LogP contribution in [-0.2, 0) is 0 Å². The van der Waals surface area contributed by atoms with E-state index in [1.165, 1.54) is 15.9 Å². The van der Waals surface area contributed by atoms with Crippen molar-refractivity contribution >= 4 is 18.5 Å². The highest BCUT2D eigenvalue weighted by Crippen LogP contribution is 2.48. The van der Waals surface area contributed by atoms with Gasteiger partial charge < -0.3 is 4.90 Å². The molecule has 0 fully saturated rings. The first-order valence-electron chi connectivity index (χ1n) is 8.14. The molecule has 1 atom stereocenters. The lowest BCUT2D eigenvalue weighted by atomic mass is 10.1. The van der Waals surface area contributed by atoms with E-state index >= 15 is 0 Å². The first-order valence-corrected chi connectivity index (χ1v) is 9.49. The Balaban J connectivity index is 2.12. The third-order valence-corrected chi connectivity index (χ3v) is 7.04. The smallest absolute Gasteiger partial charge is 0.0285 e. The molecule has 1 aliphatic rings. The Bertz CT molecular complexity index is 662. The van der Waals surface area contributed by atoms with Crippen molar-refractivity contribution in [2.75, 3.05) is 14.1 Å². The SMILES string of the molecule is C[C@@H](C1=C(P(c2ccccc2)c2ccccc2)C=CC1)N(C)C. The number of rotatable bonds is 5. The molecule has 23 heavy (non-hydrogen) atoms. The average Bonchev–Trinajstić information content (AvgIpc) is 3.05. The molecule has 0 spiro atoms. The van der Waals surface area contributed by atoms with Crippen LogP contribution in [0.2, 0.25) is 0 Å². The van der Waals surface area contributed by atoms with E-state index in [2.05, 4.69) is 98.7 Å². The van der Waals surface area contributed by atoms with Crippen LogP contribution in [0.4, 0.5) is 0 Å². The molecule has 0 aliphatic heterocycles. The summed E-state index contributed by atoms with van der Waals surface area (Å²) in [7, 11) is 3.85. The zero-order chi connectivity index (χ0) is 16.2. The Morgan fingerprint density at radius 1 is 0.870 bits per heavy atom. The van der Waals surface area contributed by atoms with Gasteiger partial charge in [0, 0.05) is 6.04 Å². The monoisotopic (exact) mass is 321 g/mol. The molecular formula is C21H24NP. The van der Waals surface area contributed by atoms with Gasteiger partial charge in [0.1, 0.15) is 0 Å². The lowest BCUT2D eigenvalue weighted by molar-refractivity contribution is 0.348. The van der Waals surface area contributed by atoms with Crippen molar-refractivity contribution in [3.63, 3.8) is 0 Å². The molecule has 2 aromatic rings. The fraction of sp³-hybridized carbons (Fsp3) is 0.238. The molecule has 2 heteroatoms. The molecule has 0 saturated carbocycles. The number of hydrogen-bond donors (Lipinski definition) is 0. The molecule has 0 radical (unpaired) electrons. The second-order valence-corrected chi connectivity index (χ2v) is 8.35. The Morgan fingerprint density at radius 2 is 1.39 bits per heavy atom. The topological polar surface area (TPSA) is 3.24 Å². The van der Waals surface area contributed by atoms with Crippen molar-refractivity contribution < 1.29 is 0 Å². The van der Waals surface area contributed by atoms with Crippen LogP contribution >= 0.6 is 7.92 Å². The number of benzene rings is 2. The minimum atomic E-state index is -0.482. The molecule has 0 aromatic heterocycles. The van der Waals surface area contributed by atoms with Crippen molar-refractivity contribution in [1.82, 2.24) is 4.90 Å². The van der Waals surface area contributed by atoms with E-state index in [0.29, 0.717) is 6.04 Å². The van der Waals surface area contributed by atoms with Crippen LogP contribution in [0.5, 0.6) is 0 Å². The molecule has 1 aliphatic carbocycles. The third kappa shape index (κ3) is 3.47. The Hall–Kier alpha value is -1.69. The van der Waals surface area contributed by atoms with Crippen LogP contribution in [0, 0.1) is 0 Å². The molecular weight excluding hydrogens is 297 g/mol. The maximum Gasteiger partial charge on any atom is 0.0285 e. The number of allylic oxidation sites excluding steroid dienone is 3. The molecule has 1 nitrogen and oxygen atoms in total. The molecule has 0 unspecified atom stereocenters. The summed E-state index contributed by atoms with van der Waals surface area (Å²) in [5, 5.41) is 4.39. The molecule has 0 heterocycles. The summed E-state index contributed by atoms with van der Waals surface area (Å²) in [6.45, 7) is 2.31. The van der Waals surface area contributed by atoms with Gasteiger partial charge in [-0.15, -0.1) is 0 Å². The van der Waals surface area contributed by atoms with Crippen LogP contribution in [-0.4, -0.2) is 25.0 Å². The van der Waals surface area contributed by atoms with Crippen LogP contribution < -0.4 is 10.6 Å². The van der Waals surface area contributed by atoms with Gasteiger partial charge in [-0.05, 0) is 56.9 Å². The van der Waals surface area contributed by atoms with Gasteiger partial charge in [-0.1, -0.05) is 72.8 Å². The average molecular weight is 321 g/mol. The van der Waals surface area contributed by atoms with Gasteiger partial charge >= 0.3 is 0 Å². The quantitative estimate of drug-likeness (QED) is 0.743. The van der Waals surface area contributed by atoms with Crippen molar-refractivity contribution in [1.29, 1.82) is 0 Å². The third-order valence-electron chi connectivity index (χ3n) is 4.49. The van der Waals surface area contributed by atoms with Gasteiger partial charge in [-0.25, -0.2) is 0 Å². The first-order chi connectivity index (χ1) is 11.2. The lowest BCUT2D eigenvalue weighted by Crippen LogP contribution is -2.27. The first kappa shape index (κ1) is 16.2. The van der Waals surface area contributed by atoms with E-state index in [1.807, 2.05) is 0 Å². The largest absolute Gasteiger partial charge is 0.303 e. The summed E-state index contributed by atoms with van der Waals surface area (Å²) < 4.78 is 0.